The molecule has 0 amide bonds. The van der Waals surface area contributed by atoms with Gasteiger partial charge >= 0.3 is 5.97 Å². The summed E-state index contributed by atoms with van der Waals surface area (Å²) in [4.78, 5) is 14.9. The van der Waals surface area contributed by atoms with Crippen molar-refractivity contribution in [2.75, 3.05) is 7.11 Å². The lowest BCUT2D eigenvalue weighted by Gasteiger charge is -2.08. The van der Waals surface area contributed by atoms with Crippen molar-refractivity contribution in [2.45, 2.75) is 12.8 Å². The van der Waals surface area contributed by atoms with Gasteiger partial charge in [-0.15, -0.1) is 0 Å². The molecule has 7 heteroatoms. The van der Waals surface area contributed by atoms with Gasteiger partial charge in [-0.3, -0.25) is 4.79 Å². The molecule has 1 rings (SSSR count). The van der Waals surface area contributed by atoms with E-state index in [9.17, 15) is 13.6 Å². The van der Waals surface area contributed by atoms with E-state index in [-0.39, 0.29) is 22.3 Å². The smallest absolute Gasteiger partial charge is 0.311 e. The predicted molar refractivity (Wildman–Crippen MR) is 57.3 cm³/mol. The number of esters is 1. The molecule has 0 aliphatic heterocycles. The second-order valence-electron chi connectivity index (χ2n) is 3.02. The van der Waals surface area contributed by atoms with E-state index < -0.39 is 18.0 Å². The van der Waals surface area contributed by atoms with Crippen LogP contribution in [0.4, 0.5) is 8.78 Å². The monoisotopic (exact) mass is 304 g/mol. The summed E-state index contributed by atoms with van der Waals surface area (Å²) in [5.41, 5.74) is -0.758. The van der Waals surface area contributed by atoms with Gasteiger partial charge in [0, 0.05) is 5.56 Å². The highest BCUT2D eigenvalue weighted by atomic mass is 79.9. The number of halogens is 3. The van der Waals surface area contributed by atoms with Crippen LogP contribution in [0.5, 0.6) is 0 Å². The lowest BCUT2D eigenvalue weighted by molar-refractivity contribution is -0.139. The van der Waals surface area contributed by atoms with Crippen molar-refractivity contribution in [3.8, 4) is 6.07 Å². The zero-order chi connectivity index (χ0) is 13.0. The summed E-state index contributed by atoms with van der Waals surface area (Å²) in [5.74, 6) is -0.646. The molecule has 0 atom stereocenters. The normalized spacial score (nSPS) is 10.1. The predicted octanol–water partition coefficient (Wildman–Crippen LogP) is 2.37. The molecule has 0 saturated carbocycles. The van der Waals surface area contributed by atoms with E-state index in [1.165, 1.54) is 7.11 Å². The van der Waals surface area contributed by atoms with Gasteiger partial charge in [0.15, 0.2) is 0 Å². The fraction of sp³-hybridized carbons (Fsp3) is 0.300. The van der Waals surface area contributed by atoms with Crippen LogP contribution in [0.15, 0.2) is 10.7 Å². The minimum Gasteiger partial charge on any atom is -0.469 e. The molecule has 0 N–H and O–H groups in total. The number of alkyl halides is 2. The average Bonchev–Trinajstić information content (AvgIpc) is 2.28. The SMILES string of the molecule is COC(=O)Cc1nc(Br)cc(C(F)F)c1C#N. The lowest BCUT2D eigenvalue weighted by Crippen LogP contribution is -2.10. The summed E-state index contributed by atoms with van der Waals surface area (Å²) in [7, 11) is 1.17. The Hall–Kier alpha value is -1.55. The maximum absolute atomic E-state index is 12.7. The van der Waals surface area contributed by atoms with E-state index in [1.807, 2.05) is 0 Å². The number of aromatic nitrogens is 1. The van der Waals surface area contributed by atoms with E-state index in [0.717, 1.165) is 6.07 Å². The third-order valence-electron chi connectivity index (χ3n) is 1.98. The fourth-order valence-corrected chi connectivity index (χ4v) is 1.68. The molecule has 1 aromatic heterocycles. The van der Waals surface area contributed by atoms with Crippen molar-refractivity contribution < 1.29 is 18.3 Å². The highest BCUT2D eigenvalue weighted by Gasteiger charge is 2.20. The van der Waals surface area contributed by atoms with Crippen LogP contribution in [0, 0.1) is 11.3 Å². The molecule has 0 fully saturated rings. The van der Waals surface area contributed by atoms with Crippen molar-refractivity contribution in [1.29, 1.82) is 5.26 Å². The molecule has 0 radical (unpaired) electrons. The van der Waals surface area contributed by atoms with Crippen molar-refractivity contribution >= 4 is 21.9 Å². The Morgan fingerprint density at radius 1 is 1.71 bits per heavy atom. The molecule has 0 aliphatic rings. The molecule has 0 aliphatic carbocycles. The number of nitriles is 1. The molecular formula is C10H7BrF2N2O2. The van der Waals surface area contributed by atoms with Gasteiger partial charge in [0.1, 0.15) is 10.7 Å². The van der Waals surface area contributed by atoms with Crippen molar-refractivity contribution in [3.05, 3.63) is 27.5 Å². The first-order valence-corrected chi connectivity index (χ1v) is 5.23. The van der Waals surface area contributed by atoms with Crippen LogP contribution in [0.2, 0.25) is 0 Å². The zero-order valence-electron chi connectivity index (χ0n) is 8.71. The second kappa shape index (κ2) is 5.68. The van der Waals surface area contributed by atoms with Crippen LogP contribution >= 0.6 is 15.9 Å². The van der Waals surface area contributed by atoms with Gasteiger partial charge in [0.05, 0.1) is 24.8 Å². The highest BCUT2D eigenvalue weighted by molar-refractivity contribution is 9.10. The maximum atomic E-state index is 12.7. The number of methoxy groups -OCH3 is 1. The maximum Gasteiger partial charge on any atom is 0.311 e. The first kappa shape index (κ1) is 13.5. The van der Waals surface area contributed by atoms with Crippen LogP contribution in [0.25, 0.3) is 0 Å². The number of hydrogen-bond acceptors (Lipinski definition) is 4. The quantitative estimate of drug-likeness (QED) is 0.635. The number of carbonyl (C=O) groups excluding carboxylic acids is 1. The minimum absolute atomic E-state index is 0.0241. The third-order valence-corrected chi connectivity index (χ3v) is 2.39. The zero-order valence-corrected chi connectivity index (χ0v) is 10.3. The summed E-state index contributed by atoms with van der Waals surface area (Å²) in [5, 5.41) is 8.83. The summed E-state index contributed by atoms with van der Waals surface area (Å²) < 4.78 is 29.9. The van der Waals surface area contributed by atoms with E-state index in [1.54, 1.807) is 6.07 Å². The third kappa shape index (κ3) is 3.20. The van der Waals surface area contributed by atoms with Crippen LogP contribution in [-0.4, -0.2) is 18.1 Å². The van der Waals surface area contributed by atoms with Crippen LogP contribution < -0.4 is 0 Å². The van der Waals surface area contributed by atoms with Gasteiger partial charge in [0.2, 0.25) is 0 Å². The van der Waals surface area contributed by atoms with Crippen molar-refractivity contribution in [1.82, 2.24) is 4.98 Å². The molecule has 0 aromatic carbocycles. The Morgan fingerprint density at radius 2 is 2.35 bits per heavy atom. The summed E-state index contributed by atoms with van der Waals surface area (Å²) >= 11 is 2.95. The highest BCUT2D eigenvalue weighted by Crippen LogP contribution is 2.27. The standard InChI is InChI=1S/C10H7BrF2N2O2/c1-17-9(16)3-7-6(4-14)5(10(12)13)2-8(11)15-7/h2,10H,3H2,1H3. The largest absolute Gasteiger partial charge is 0.469 e. The fourth-order valence-electron chi connectivity index (χ4n) is 1.22. The van der Waals surface area contributed by atoms with Crippen molar-refractivity contribution in [2.24, 2.45) is 0 Å². The molecule has 1 heterocycles. The van der Waals surface area contributed by atoms with Crippen LogP contribution in [0.3, 0.4) is 0 Å². The number of hydrogen-bond donors (Lipinski definition) is 0. The second-order valence-corrected chi connectivity index (χ2v) is 3.83. The minimum atomic E-state index is -2.81. The summed E-state index contributed by atoms with van der Waals surface area (Å²) in [6, 6.07) is 2.69. The molecule has 1 aromatic rings. The molecule has 0 unspecified atom stereocenters. The molecule has 4 nitrogen and oxygen atoms in total. The summed E-state index contributed by atoms with van der Waals surface area (Å²) in [6.07, 6.45) is -3.13. The van der Waals surface area contributed by atoms with E-state index >= 15 is 0 Å². The summed E-state index contributed by atoms with van der Waals surface area (Å²) in [6.45, 7) is 0. The molecular weight excluding hydrogens is 298 g/mol. The average molecular weight is 305 g/mol. The lowest BCUT2D eigenvalue weighted by atomic mass is 10.1. The Balaban J connectivity index is 3.29. The Bertz CT molecular complexity index is 486. The van der Waals surface area contributed by atoms with Crippen LogP contribution in [0.1, 0.15) is 23.2 Å². The Kier molecular flexibility index (Phi) is 4.52. The number of nitrogens with zero attached hydrogens (tertiary/aromatic N) is 2. The van der Waals surface area contributed by atoms with Crippen LogP contribution in [-0.2, 0) is 16.0 Å². The molecule has 0 bridgehead atoms. The van der Waals surface area contributed by atoms with Gasteiger partial charge in [-0.05, 0) is 22.0 Å². The van der Waals surface area contributed by atoms with Gasteiger partial charge in [-0.2, -0.15) is 5.26 Å². The number of rotatable bonds is 3. The Labute approximate surface area is 104 Å². The topological polar surface area (TPSA) is 63.0 Å². The van der Waals surface area contributed by atoms with Gasteiger partial charge in [-0.1, -0.05) is 0 Å². The number of ether oxygens (including phenoxy) is 1. The number of carbonyl (C=O) groups is 1. The van der Waals surface area contributed by atoms with Gasteiger partial charge in [-0.25, -0.2) is 13.8 Å². The van der Waals surface area contributed by atoms with Gasteiger partial charge < -0.3 is 4.74 Å². The first-order valence-electron chi connectivity index (χ1n) is 4.44. The van der Waals surface area contributed by atoms with E-state index in [0.29, 0.717) is 0 Å². The molecule has 90 valence electrons. The first-order chi connectivity index (χ1) is 7.99. The molecule has 0 spiro atoms. The van der Waals surface area contributed by atoms with Gasteiger partial charge in [0.25, 0.3) is 6.43 Å². The van der Waals surface area contributed by atoms with E-state index in [2.05, 4.69) is 25.7 Å². The molecule has 17 heavy (non-hydrogen) atoms. The Morgan fingerprint density at radius 3 is 2.82 bits per heavy atom. The molecule has 0 saturated heterocycles. The van der Waals surface area contributed by atoms with Crippen molar-refractivity contribution in [3.63, 3.8) is 0 Å². The number of pyridine rings is 1. The van der Waals surface area contributed by atoms with E-state index in [4.69, 9.17) is 5.26 Å².